The minimum Gasteiger partial charge on any atom is -0.372 e. The Balaban J connectivity index is 1.87. The summed E-state index contributed by atoms with van der Waals surface area (Å²) in [4.78, 5) is 28.8. The molecule has 1 aromatic carbocycles. The van der Waals surface area contributed by atoms with Gasteiger partial charge in [-0.25, -0.2) is 9.37 Å². The van der Waals surface area contributed by atoms with Crippen LogP contribution in [0.3, 0.4) is 0 Å². The minimum absolute atomic E-state index is 0.000162. The van der Waals surface area contributed by atoms with Crippen LogP contribution in [0.1, 0.15) is 24.0 Å². The van der Waals surface area contributed by atoms with Gasteiger partial charge < -0.3 is 15.4 Å². The van der Waals surface area contributed by atoms with Gasteiger partial charge >= 0.3 is 0 Å². The Kier molecular flexibility index (Phi) is 6.49. The van der Waals surface area contributed by atoms with Crippen molar-refractivity contribution < 1.29 is 18.7 Å². The third kappa shape index (κ3) is 4.60. The van der Waals surface area contributed by atoms with E-state index in [0.717, 1.165) is 0 Å². The third-order valence-electron chi connectivity index (χ3n) is 4.35. The molecule has 1 aliphatic heterocycles. The number of amides is 2. The number of carbonyl (C=O) groups excluding carboxylic acids is 2. The summed E-state index contributed by atoms with van der Waals surface area (Å²) in [5, 5.41) is 5.91. The van der Waals surface area contributed by atoms with Crippen LogP contribution in [0.25, 0.3) is 0 Å². The fourth-order valence-corrected chi connectivity index (χ4v) is 3.40. The maximum absolute atomic E-state index is 16.0. The first-order valence-corrected chi connectivity index (χ1v) is 9.40. The summed E-state index contributed by atoms with van der Waals surface area (Å²) in [5.41, 5.74) is -1.79. The number of pyridine rings is 1. The highest BCUT2D eigenvalue weighted by Gasteiger charge is 2.42. The number of halogens is 3. The highest BCUT2D eigenvalue weighted by Crippen LogP contribution is 2.36. The standard InChI is InChI=1S/C19H18Cl2FN3O3/c20-13-5-4-12(15(21)9-13)10-24-18(27)19(22)6-2-8-28-11-16(26)25-17-14(19)3-1-7-23-17/h1,3-5,7,9H,2,6,8,10-11H2,(H,24,27)(H,23,25,26)/t19-/m0/s1. The smallest absolute Gasteiger partial charge is 0.262 e. The van der Waals surface area contributed by atoms with Crippen molar-refractivity contribution in [3.05, 3.63) is 57.7 Å². The molecular weight excluding hydrogens is 408 g/mol. The second-order valence-electron chi connectivity index (χ2n) is 6.32. The second-order valence-corrected chi connectivity index (χ2v) is 7.17. The summed E-state index contributed by atoms with van der Waals surface area (Å²) in [7, 11) is 0. The van der Waals surface area contributed by atoms with Crippen molar-refractivity contribution in [2.75, 3.05) is 18.5 Å². The minimum atomic E-state index is -2.39. The van der Waals surface area contributed by atoms with Crippen LogP contribution in [0, 0.1) is 0 Å². The van der Waals surface area contributed by atoms with Gasteiger partial charge in [-0.3, -0.25) is 9.59 Å². The highest BCUT2D eigenvalue weighted by atomic mass is 35.5. The molecule has 0 saturated carbocycles. The molecule has 9 heteroatoms. The number of nitrogens with one attached hydrogen (secondary N) is 2. The van der Waals surface area contributed by atoms with Crippen molar-refractivity contribution in [3.8, 4) is 0 Å². The van der Waals surface area contributed by atoms with Crippen LogP contribution in [0.15, 0.2) is 36.5 Å². The van der Waals surface area contributed by atoms with Gasteiger partial charge in [0.15, 0.2) is 0 Å². The summed E-state index contributed by atoms with van der Waals surface area (Å²) < 4.78 is 21.2. The van der Waals surface area contributed by atoms with Crippen LogP contribution >= 0.6 is 23.2 Å². The summed E-state index contributed by atoms with van der Waals surface area (Å²) in [5.74, 6) is -1.31. The van der Waals surface area contributed by atoms with E-state index < -0.39 is 17.5 Å². The molecule has 6 nitrogen and oxygen atoms in total. The Morgan fingerprint density at radius 1 is 1.36 bits per heavy atom. The molecule has 0 aliphatic carbocycles. The van der Waals surface area contributed by atoms with Crippen molar-refractivity contribution in [3.63, 3.8) is 0 Å². The van der Waals surface area contributed by atoms with Gasteiger partial charge in [0.25, 0.3) is 11.8 Å². The van der Waals surface area contributed by atoms with E-state index in [1.165, 1.54) is 18.3 Å². The van der Waals surface area contributed by atoms with Gasteiger partial charge in [-0.05, 0) is 36.6 Å². The fourth-order valence-electron chi connectivity index (χ4n) is 2.93. The largest absolute Gasteiger partial charge is 0.372 e. The molecule has 3 rings (SSSR count). The van der Waals surface area contributed by atoms with E-state index in [2.05, 4.69) is 15.6 Å². The number of carbonyl (C=O) groups is 2. The third-order valence-corrected chi connectivity index (χ3v) is 4.94. The Morgan fingerprint density at radius 2 is 2.18 bits per heavy atom. The molecule has 28 heavy (non-hydrogen) atoms. The quantitative estimate of drug-likeness (QED) is 0.786. The number of rotatable bonds is 3. The van der Waals surface area contributed by atoms with Crippen LogP contribution in [0.5, 0.6) is 0 Å². The first-order valence-electron chi connectivity index (χ1n) is 8.64. The van der Waals surface area contributed by atoms with Gasteiger partial charge in [-0.1, -0.05) is 35.3 Å². The van der Waals surface area contributed by atoms with Gasteiger partial charge in [0, 0.05) is 35.0 Å². The molecule has 0 radical (unpaired) electrons. The van der Waals surface area contributed by atoms with Crippen molar-refractivity contribution in [2.24, 2.45) is 0 Å². The molecule has 1 atom stereocenters. The number of aromatic nitrogens is 1. The maximum atomic E-state index is 16.0. The molecule has 0 fully saturated rings. The molecular formula is C19H18Cl2FN3O3. The molecule has 1 aromatic heterocycles. The zero-order valence-corrected chi connectivity index (χ0v) is 16.3. The van der Waals surface area contributed by atoms with Gasteiger partial charge in [-0.2, -0.15) is 0 Å². The number of fused-ring (bicyclic) bond motifs is 1. The first kappa shape index (κ1) is 20.5. The van der Waals surface area contributed by atoms with Crippen molar-refractivity contribution in [1.82, 2.24) is 10.3 Å². The summed E-state index contributed by atoms with van der Waals surface area (Å²) in [6, 6.07) is 7.80. The van der Waals surface area contributed by atoms with E-state index >= 15 is 4.39 Å². The lowest BCUT2D eigenvalue weighted by atomic mass is 9.89. The summed E-state index contributed by atoms with van der Waals surface area (Å²) >= 11 is 12.0. The molecule has 148 valence electrons. The number of anilines is 1. The van der Waals surface area contributed by atoms with E-state index in [1.54, 1.807) is 18.2 Å². The topological polar surface area (TPSA) is 80.3 Å². The lowest BCUT2D eigenvalue weighted by Gasteiger charge is -2.27. The molecule has 2 N–H and O–H groups in total. The van der Waals surface area contributed by atoms with Gasteiger partial charge in [0.2, 0.25) is 5.67 Å². The Morgan fingerprint density at radius 3 is 2.96 bits per heavy atom. The molecule has 2 heterocycles. The van der Waals surface area contributed by atoms with Crippen molar-refractivity contribution in [1.29, 1.82) is 0 Å². The fraction of sp³-hybridized carbons (Fsp3) is 0.316. The van der Waals surface area contributed by atoms with E-state index in [4.69, 9.17) is 27.9 Å². The normalized spacial score (nSPS) is 20.0. The SMILES string of the molecule is O=C1COCCC[C@@](F)(C(=O)NCc2ccc(Cl)cc2Cl)c2cccnc2N1. The molecule has 2 aromatic rings. The lowest BCUT2D eigenvalue weighted by Crippen LogP contribution is -2.42. The zero-order valence-electron chi connectivity index (χ0n) is 14.8. The molecule has 0 bridgehead atoms. The van der Waals surface area contributed by atoms with E-state index in [-0.39, 0.29) is 44.0 Å². The van der Waals surface area contributed by atoms with Crippen LogP contribution in [-0.4, -0.2) is 30.0 Å². The monoisotopic (exact) mass is 425 g/mol. The predicted octanol–water partition coefficient (Wildman–Crippen LogP) is 3.62. The second kappa shape index (κ2) is 8.86. The average Bonchev–Trinajstić information content (AvgIpc) is 2.66. The Labute approximate surface area is 171 Å². The van der Waals surface area contributed by atoms with Crippen LogP contribution in [0.2, 0.25) is 10.0 Å². The van der Waals surface area contributed by atoms with Crippen molar-refractivity contribution in [2.45, 2.75) is 25.1 Å². The van der Waals surface area contributed by atoms with Gasteiger partial charge in [0.1, 0.15) is 12.4 Å². The lowest BCUT2D eigenvalue weighted by molar-refractivity contribution is -0.135. The van der Waals surface area contributed by atoms with E-state index in [9.17, 15) is 9.59 Å². The number of ether oxygens (including phenoxy) is 1. The number of benzene rings is 1. The maximum Gasteiger partial charge on any atom is 0.262 e. The molecule has 0 unspecified atom stereocenters. The number of nitrogens with zero attached hydrogens (tertiary/aromatic N) is 1. The zero-order chi connectivity index (χ0) is 20.1. The molecule has 0 saturated heterocycles. The van der Waals surface area contributed by atoms with E-state index in [0.29, 0.717) is 15.6 Å². The summed E-state index contributed by atoms with van der Waals surface area (Å²) in [6.45, 7) is 0.0283. The average molecular weight is 426 g/mol. The van der Waals surface area contributed by atoms with Crippen LogP contribution < -0.4 is 10.6 Å². The summed E-state index contributed by atoms with van der Waals surface area (Å²) in [6.07, 6.45) is 1.55. The van der Waals surface area contributed by atoms with Crippen molar-refractivity contribution >= 4 is 40.8 Å². The number of alkyl halides is 1. The predicted molar refractivity (Wildman–Crippen MR) is 104 cm³/mol. The Bertz CT molecular complexity index is 896. The highest BCUT2D eigenvalue weighted by molar-refractivity contribution is 6.35. The van der Waals surface area contributed by atoms with Gasteiger partial charge in [0.05, 0.1) is 0 Å². The number of hydrogen-bond donors (Lipinski definition) is 2. The molecule has 1 aliphatic rings. The Hall–Kier alpha value is -2.22. The molecule has 0 spiro atoms. The van der Waals surface area contributed by atoms with Crippen LogP contribution in [0.4, 0.5) is 10.2 Å². The van der Waals surface area contributed by atoms with Gasteiger partial charge in [-0.15, -0.1) is 0 Å². The first-order chi connectivity index (χ1) is 13.4. The van der Waals surface area contributed by atoms with E-state index in [1.807, 2.05) is 0 Å². The number of hydrogen-bond acceptors (Lipinski definition) is 4. The molecule has 2 amide bonds. The van der Waals surface area contributed by atoms with Crippen LogP contribution in [-0.2, 0) is 26.5 Å².